The molecule has 1 heterocycles. The number of urea groups is 1. The number of carbonyl (C=O) groups excluding carboxylic acids is 1. The van der Waals surface area contributed by atoms with Gasteiger partial charge in [0, 0.05) is 25.0 Å². The molecule has 0 saturated heterocycles. The van der Waals surface area contributed by atoms with E-state index < -0.39 is 0 Å². The van der Waals surface area contributed by atoms with Crippen LogP contribution in [-0.2, 0) is 0 Å². The fourth-order valence-electron chi connectivity index (χ4n) is 2.14. The van der Waals surface area contributed by atoms with Crippen molar-refractivity contribution < 1.29 is 9.90 Å². The van der Waals surface area contributed by atoms with Gasteiger partial charge in [-0.3, -0.25) is 5.10 Å². The van der Waals surface area contributed by atoms with Crippen LogP contribution >= 0.6 is 0 Å². The van der Waals surface area contributed by atoms with E-state index in [9.17, 15) is 4.79 Å². The maximum absolute atomic E-state index is 12.2. The molecule has 0 spiro atoms. The molecule has 6 heteroatoms. The molecule has 0 aliphatic carbocycles. The third kappa shape index (κ3) is 4.33. The molecule has 0 bridgehead atoms. The van der Waals surface area contributed by atoms with Crippen LogP contribution in [0.5, 0.6) is 0 Å². The summed E-state index contributed by atoms with van der Waals surface area (Å²) in [6.45, 7) is 3.03. The van der Waals surface area contributed by atoms with Crippen LogP contribution in [0.15, 0.2) is 36.5 Å². The smallest absolute Gasteiger partial charge is 0.321 e. The number of H-pyrrole nitrogens is 1. The number of anilines is 1. The minimum Gasteiger partial charge on any atom is -0.395 e. The molecule has 0 fully saturated rings. The van der Waals surface area contributed by atoms with Crippen LogP contribution < -0.4 is 5.32 Å². The number of aromatic amines is 1. The van der Waals surface area contributed by atoms with Crippen molar-refractivity contribution in [3.05, 3.63) is 36.5 Å². The van der Waals surface area contributed by atoms with Crippen molar-refractivity contribution in [2.45, 2.75) is 19.8 Å². The van der Waals surface area contributed by atoms with Crippen molar-refractivity contribution >= 4 is 11.7 Å². The van der Waals surface area contributed by atoms with E-state index in [1.165, 1.54) is 0 Å². The van der Waals surface area contributed by atoms with E-state index in [1.807, 2.05) is 30.3 Å². The molecule has 1 aromatic carbocycles. The topological polar surface area (TPSA) is 81.2 Å². The highest BCUT2D eigenvalue weighted by molar-refractivity contribution is 5.89. The molecule has 1 aromatic heterocycles. The number of benzene rings is 1. The van der Waals surface area contributed by atoms with Gasteiger partial charge in [-0.25, -0.2) is 4.79 Å². The number of nitrogens with one attached hydrogen (secondary N) is 2. The highest BCUT2D eigenvalue weighted by Gasteiger charge is 2.12. The Bertz CT molecular complexity index is 566. The van der Waals surface area contributed by atoms with Crippen LogP contribution in [0.25, 0.3) is 11.3 Å². The Labute approximate surface area is 130 Å². The third-order valence-electron chi connectivity index (χ3n) is 3.39. The van der Waals surface area contributed by atoms with Crippen LogP contribution in [0, 0.1) is 0 Å². The Balaban J connectivity index is 1.98. The quantitative estimate of drug-likeness (QED) is 0.735. The summed E-state index contributed by atoms with van der Waals surface area (Å²) in [5, 5.41) is 18.7. The highest BCUT2D eigenvalue weighted by atomic mass is 16.3. The lowest BCUT2D eigenvalue weighted by Crippen LogP contribution is -2.37. The summed E-state index contributed by atoms with van der Waals surface area (Å²) < 4.78 is 0. The van der Waals surface area contributed by atoms with E-state index in [2.05, 4.69) is 22.4 Å². The standard InChI is InChI=1S/C16H22N4O2/c1-2-3-10-20(11-12-21)16(22)18-14-6-4-13(5-7-14)15-8-9-17-19-15/h4-9,21H,2-3,10-12H2,1H3,(H,17,19)(H,18,22). The monoisotopic (exact) mass is 302 g/mol. The Hall–Kier alpha value is -2.34. The van der Waals surface area contributed by atoms with Crippen LogP contribution in [0.4, 0.5) is 10.5 Å². The van der Waals surface area contributed by atoms with E-state index in [-0.39, 0.29) is 12.6 Å². The molecule has 22 heavy (non-hydrogen) atoms. The first kappa shape index (κ1) is 16.0. The van der Waals surface area contributed by atoms with Crippen molar-refractivity contribution in [1.29, 1.82) is 0 Å². The number of amides is 2. The van der Waals surface area contributed by atoms with Gasteiger partial charge in [-0.2, -0.15) is 5.10 Å². The molecule has 0 aliphatic rings. The average Bonchev–Trinajstić information content (AvgIpc) is 3.06. The predicted molar refractivity (Wildman–Crippen MR) is 86.6 cm³/mol. The number of aromatic nitrogens is 2. The highest BCUT2D eigenvalue weighted by Crippen LogP contribution is 2.19. The number of aliphatic hydroxyl groups excluding tert-OH is 1. The lowest BCUT2D eigenvalue weighted by Gasteiger charge is -2.22. The summed E-state index contributed by atoms with van der Waals surface area (Å²) in [4.78, 5) is 13.8. The first-order valence-electron chi connectivity index (χ1n) is 7.51. The molecule has 3 N–H and O–H groups in total. The first-order valence-corrected chi connectivity index (χ1v) is 7.51. The van der Waals surface area contributed by atoms with E-state index >= 15 is 0 Å². The zero-order valence-corrected chi connectivity index (χ0v) is 12.7. The molecule has 0 aliphatic heterocycles. The third-order valence-corrected chi connectivity index (χ3v) is 3.39. The summed E-state index contributed by atoms with van der Waals surface area (Å²) in [6.07, 6.45) is 3.63. The number of unbranched alkanes of at least 4 members (excludes halogenated alkanes) is 1. The maximum atomic E-state index is 12.2. The fourth-order valence-corrected chi connectivity index (χ4v) is 2.14. The van der Waals surface area contributed by atoms with Crippen LogP contribution in [0.1, 0.15) is 19.8 Å². The number of hydrogen-bond acceptors (Lipinski definition) is 3. The Morgan fingerprint density at radius 2 is 2.05 bits per heavy atom. The summed E-state index contributed by atoms with van der Waals surface area (Å²) in [5.41, 5.74) is 2.67. The molecule has 0 atom stereocenters. The molecule has 0 radical (unpaired) electrons. The minimum atomic E-state index is -0.184. The molecule has 6 nitrogen and oxygen atoms in total. The van der Waals surface area contributed by atoms with Crippen LogP contribution in [-0.4, -0.2) is 45.9 Å². The summed E-state index contributed by atoms with van der Waals surface area (Å²) in [6, 6.07) is 9.26. The number of carbonyl (C=O) groups is 1. The largest absolute Gasteiger partial charge is 0.395 e. The number of aliphatic hydroxyl groups is 1. The number of hydrogen-bond donors (Lipinski definition) is 3. The van der Waals surface area contributed by atoms with Gasteiger partial charge in [0.1, 0.15) is 0 Å². The van der Waals surface area contributed by atoms with E-state index in [0.717, 1.165) is 29.8 Å². The molecular formula is C16H22N4O2. The summed E-state index contributed by atoms with van der Waals surface area (Å²) in [7, 11) is 0. The van der Waals surface area contributed by atoms with E-state index in [1.54, 1.807) is 11.1 Å². The molecule has 0 unspecified atom stereocenters. The van der Waals surface area contributed by atoms with E-state index in [4.69, 9.17) is 5.11 Å². The maximum Gasteiger partial charge on any atom is 0.321 e. The fraction of sp³-hybridized carbons (Fsp3) is 0.375. The van der Waals surface area contributed by atoms with Crippen molar-refractivity contribution in [2.24, 2.45) is 0 Å². The molecular weight excluding hydrogens is 280 g/mol. The Kier molecular flexibility index (Phi) is 5.97. The van der Waals surface area contributed by atoms with Crippen molar-refractivity contribution in [3.63, 3.8) is 0 Å². The summed E-state index contributed by atoms with van der Waals surface area (Å²) >= 11 is 0. The first-order chi connectivity index (χ1) is 10.7. The van der Waals surface area contributed by atoms with Gasteiger partial charge in [-0.05, 0) is 30.2 Å². The van der Waals surface area contributed by atoms with Gasteiger partial charge >= 0.3 is 6.03 Å². The van der Waals surface area contributed by atoms with Gasteiger partial charge in [-0.1, -0.05) is 25.5 Å². The Morgan fingerprint density at radius 1 is 1.27 bits per heavy atom. The SMILES string of the molecule is CCCCN(CCO)C(=O)Nc1ccc(-c2ccn[nH]2)cc1. The number of nitrogens with zero attached hydrogens (tertiary/aromatic N) is 2. The minimum absolute atomic E-state index is 0.0318. The second-order valence-corrected chi connectivity index (χ2v) is 5.04. The Morgan fingerprint density at radius 3 is 2.64 bits per heavy atom. The van der Waals surface area contributed by atoms with Gasteiger partial charge < -0.3 is 15.3 Å². The number of rotatable bonds is 7. The van der Waals surface area contributed by atoms with Crippen molar-refractivity contribution in [3.8, 4) is 11.3 Å². The van der Waals surface area contributed by atoms with Gasteiger partial charge in [0.15, 0.2) is 0 Å². The lowest BCUT2D eigenvalue weighted by atomic mass is 10.1. The van der Waals surface area contributed by atoms with Crippen molar-refractivity contribution in [2.75, 3.05) is 25.0 Å². The molecule has 0 saturated carbocycles. The zero-order valence-electron chi connectivity index (χ0n) is 12.7. The van der Waals surface area contributed by atoms with Gasteiger partial charge in [0.2, 0.25) is 0 Å². The van der Waals surface area contributed by atoms with Gasteiger partial charge in [0.25, 0.3) is 0 Å². The molecule has 2 amide bonds. The second kappa shape index (κ2) is 8.19. The molecule has 2 rings (SSSR count). The van der Waals surface area contributed by atoms with E-state index in [0.29, 0.717) is 13.1 Å². The second-order valence-electron chi connectivity index (χ2n) is 5.04. The van der Waals surface area contributed by atoms with Crippen LogP contribution in [0.3, 0.4) is 0 Å². The zero-order chi connectivity index (χ0) is 15.8. The lowest BCUT2D eigenvalue weighted by molar-refractivity contribution is 0.187. The summed E-state index contributed by atoms with van der Waals surface area (Å²) in [5.74, 6) is 0. The predicted octanol–water partition coefficient (Wildman–Crippen LogP) is 2.70. The van der Waals surface area contributed by atoms with Crippen molar-refractivity contribution in [1.82, 2.24) is 15.1 Å². The van der Waals surface area contributed by atoms with Gasteiger partial charge in [0.05, 0.1) is 12.3 Å². The van der Waals surface area contributed by atoms with Crippen LogP contribution in [0.2, 0.25) is 0 Å². The molecule has 2 aromatic rings. The van der Waals surface area contributed by atoms with Gasteiger partial charge in [-0.15, -0.1) is 0 Å². The normalized spacial score (nSPS) is 10.5. The average molecular weight is 302 g/mol. The molecule has 118 valence electrons.